The van der Waals surface area contributed by atoms with Gasteiger partial charge in [-0.15, -0.1) is 0 Å². The van der Waals surface area contributed by atoms with Crippen molar-refractivity contribution in [2.75, 3.05) is 13.1 Å². The third-order valence-corrected chi connectivity index (χ3v) is 4.20. The third kappa shape index (κ3) is 4.97. The highest BCUT2D eigenvalue weighted by atomic mass is 16.3. The molecule has 2 nitrogen and oxygen atoms in total. The van der Waals surface area contributed by atoms with E-state index < -0.39 is 0 Å². The molecule has 0 aromatic heterocycles. The Labute approximate surface area is 107 Å². The second kappa shape index (κ2) is 8.10. The van der Waals surface area contributed by atoms with Crippen molar-refractivity contribution < 1.29 is 5.11 Å². The molecule has 1 heterocycles. The zero-order valence-corrected chi connectivity index (χ0v) is 12.0. The van der Waals surface area contributed by atoms with E-state index in [9.17, 15) is 5.11 Å². The fraction of sp³-hybridized carbons (Fsp3) is 1.00. The van der Waals surface area contributed by atoms with Crippen molar-refractivity contribution in [3.05, 3.63) is 0 Å². The highest BCUT2D eigenvalue weighted by Crippen LogP contribution is 2.27. The molecule has 102 valence electrons. The molecule has 2 heteroatoms. The Balaban J connectivity index is 0.000000686. The fourth-order valence-corrected chi connectivity index (χ4v) is 3.17. The van der Waals surface area contributed by atoms with E-state index in [1.807, 2.05) is 13.8 Å². The maximum absolute atomic E-state index is 9.58. The number of nitrogens with zero attached hydrogens (tertiary/aromatic N) is 1. The number of piperidine rings is 1. The normalized spacial score (nSPS) is 31.8. The van der Waals surface area contributed by atoms with Crippen LogP contribution in [-0.2, 0) is 0 Å². The highest BCUT2D eigenvalue weighted by Gasteiger charge is 2.26. The summed E-state index contributed by atoms with van der Waals surface area (Å²) in [7, 11) is 0. The van der Waals surface area contributed by atoms with Crippen LogP contribution in [-0.4, -0.2) is 35.2 Å². The van der Waals surface area contributed by atoms with Crippen LogP contribution in [0.15, 0.2) is 0 Å². The molecule has 1 aliphatic heterocycles. The molecule has 0 amide bonds. The standard InChI is InChI=1S/C13H25NO.C2H6/c1-11-9-13(15)7-8-14(11)10-12-5-3-2-4-6-12;1-2/h11-13,15H,2-10H2,1H3;1-2H3. The third-order valence-electron chi connectivity index (χ3n) is 4.20. The Hall–Kier alpha value is -0.0800. The maximum atomic E-state index is 9.58. The number of hydrogen-bond donors (Lipinski definition) is 1. The van der Waals surface area contributed by atoms with E-state index in [1.54, 1.807) is 0 Å². The summed E-state index contributed by atoms with van der Waals surface area (Å²) in [5, 5.41) is 9.58. The SMILES string of the molecule is CC.CC1CC(O)CCN1CC1CCCCC1. The zero-order chi connectivity index (χ0) is 12.7. The van der Waals surface area contributed by atoms with E-state index in [0.29, 0.717) is 6.04 Å². The summed E-state index contributed by atoms with van der Waals surface area (Å²) >= 11 is 0. The van der Waals surface area contributed by atoms with Gasteiger partial charge in [0, 0.05) is 19.1 Å². The lowest BCUT2D eigenvalue weighted by Crippen LogP contribution is -2.45. The van der Waals surface area contributed by atoms with Gasteiger partial charge in [0.1, 0.15) is 0 Å². The summed E-state index contributed by atoms with van der Waals surface area (Å²) in [5.74, 6) is 0.941. The van der Waals surface area contributed by atoms with Crippen molar-refractivity contribution in [2.24, 2.45) is 5.92 Å². The molecule has 0 aromatic rings. The predicted molar refractivity (Wildman–Crippen MR) is 74.2 cm³/mol. The first-order valence-electron chi connectivity index (χ1n) is 7.68. The minimum Gasteiger partial charge on any atom is -0.393 e. The number of hydrogen-bond acceptors (Lipinski definition) is 2. The molecule has 17 heavy (non-hydrogen) atoms. The van der Waals surface area contributed by atoms with Gasteiger partial charge < -0.3 is 10.0 Å². The molecule has 1 saturated heterocycles. The average Bonchev–Trinajstić information content (AvgIpc) is 2.37. The van der Waals surface area contributed by atoms with Crippen LogP contribution in [0, 0.1) is 5.92 Å². The number of likely N-dealkylation sites (tertiary alicyclic amines) is 1. The summed E-state index contributed by atoms with van der Waals surface area (Å²) in [5.41, 5.74) is 0. The van der Waals surface area contributed by atoms with Gasteiger partial charge in [0.2, 0.25) is 0 Å². The number of aliphatic hydroxyl groups excluding tert-OH is 1. The predicted octanol–water partition coefficient (Wildman–Crippen LogP) is 3.44. The number of aliphatic hydroxyl groups is 1. The van der Waals surface area contributed by atoms with Crippen molar-refractivity contribution in [3.63, 3.8) is 0 Å². The van der Waals surface area contributed by atoms with Crippen LogP contribution in [0.1, 0.15) is 65.7 Å². The van der Waals surface area contributed by atoms with Crippen LogP contribution in [0.4, 0.5) is 0 Å². The lowest BCUT2D eigenvalue weighted by atomic mass is 9.88. The van der Waals surface area contributed by atoms with E-state index >= 15 is 0 Å². The highest BCUT2D eigenvalue weighted by molar-refractivity contribution is 4.80. The molecule has 0 spiro atoms. The summed E-state index contributed by atoms with van der Waals surface area (Å²) < 4.78 is 0. The molecular formula is C15H31NO. The molecule has 0 aromatic carbocycles. The summed E-state index contributed by atoms with van der Waals surface area (Å²) in [6.45, 7) is 8.66. The molecule has 0 bridgehead atoms. The minimum absolute atomic E-state index is 0.0393. The molecule has 1 N–H and O–H groups in total. The van der Waals surface area contributed by atoms with E-state index in [-0.39, 0.29) is 6.10 Å². The van der Waals surface area contributed by atoms with Crippen LogP contribution in [0.2, 0.25) is 0 Å². The summed E-state index contributed by atoms with van der Waals surface area (Å²) in [6, 6.07) is 0.593. The molecule has 1 aliphatic carbocycles. The van der Waals surface area contributed by atoms with Crippen molar-refractivity contribution in [3.8, 4) is 0 Å². The molecule has 2 fully saturated rings. The van der Waals surface area contributed by atoms with Gasteiger partial charge >= 0.3 is 0 Å². The van der Waals surface area contributed by atoms with E-state index in [2.05, 4.69) is 11.8 Å². The van der Waals surface area contributed by atoms with Gasteiger partial charge in [-0.1, -0.05) is 33.1 Å². The topological polar surface area (TPSA) is 23.5 Å². The van der Waals surface area contributed by atoms with Gasteiger partial charge in [0.25, 0.3) is 0 Å². The first-order valence-corrected chi connectivity index (χ1v) is 7.68. The summed E-state index contributed by atoms with van der Waals surface area (Å²) in [4.78, 5) is 2.60. The molecule has 1 saturated carbocycles. The van der Waals surface area contributed by atoms with Crippen molar-refractivity contribution in [1.82, 2.24) is 4.90 Å². The molecule has 2 rings (SSSR count). The minimum atomic E-state index is -0.0393. The Bertz CT molecular complexity index is 189. The van der Waals surface area contributed by atoms with Gasteiger partial charge in [-0.2, -0.15) is 0 Å². The van der Waals surface area contributed by atoms with E-state index in [0.717, 1.165) is 25.3 Å². The first kappa shape index (κ1) is 15.0. The van der Waals surface area contributed by atoms with Gasteiger partial charge in [0.05, 0.1) is 6.10 Å². The van der Waals surface area contributed by atoms with Crippen molar-refractivity contribution in [2.45, 2.75) is 77.9 Å². The van der Waals surface area contributed by atoms with Crippen LogP contribution in [0.25, 0.3) is 0 Å². The Morgan fingerprint density at radius 2 is 1.71 bits per heavy atom. The lowest BCUT2D eigenvalue weighted by Gasteiger charge is -2.38. The maximum Gasteiger partial charge on any atom is 0.0567 e. The second-order valence-electron chi connectivity index (χ2n) is 5.53. The zero-order valence-electron chi connectivity index (χ0n) is 12.0. The van der Waals surface area contributed by atoms with Crippen molar-refractivity contribution >= 4 is 0 Å². The fourth-order valence-electron chi connectivity index (χ4n) is 3.17. The Morgan fingerprint density at radius 1 is 1.06 bits per heavy atom. The first-order chi connectivity index (χ1) is 8.25. The van der Waals surface area contributed by atoms with Gasteiger partial charge in [0.15, 0.2) is 0 Å². The van der Waals surface area contributed by atoms with Gasteiger partial charge in [-0.25, -0.2) is 0 Å². The quantitative estimate of drug-likeness (QED) is 0.800. The molecular weight excluding hydrogens is 210 g/mol. The Kier molecular flexibility index (Phi) is 7.14. The molecule has 0 radical (unpaired) electrons. The second-order valence-corrected chi connectivity index (χ2v) is 5.53. The number of rotatable bonds is 2. The molecule has 2 unspecified atom stereocenters. The van der Waals surface area contributed by atoms with Crippen LogP contribution >= 0.6 is 0 Å². The van der Waals surface area contributed by atoms with E-state index in [4.69, 9.17) is 0 Å². The molecule has 2 aliphatic rings. The van der Waals surface area contributed by atoms with Gasteiger partial charge in [-0.3, -0.25) is 0 Å². The van der Waals surface area contributed by atoms with Gasteiger partial charge in [-0.05, 0) is 38.5 Å². The molecule has 2 atom stereocenters. The lowest BCUT2D eigenvalue weighted by molar-refractivity contribution is 0.0365. The summed E-state index contributed by atoms with van der Waals surface area (Å²) in [6.07, 6.45) is 9.12. The largest absolute Gasteiger partial charge is 0.393 e. The van der Waals surface area contributed by atoms with Crippen LogP contribution in [0.3, 0.4) is 0 Å². The van der Waals surface area contributed by atoms with Crippen molar-refractivity contribution in [1.29, 1.82) is 0 Å². The smallest absolute Gasteiger partial charge is 0.0567 e. The van der Waals surface area contributed by atoms with Crippen LogP contribution in [0.5, 0.6) is 0 Å². The average molecular weight is 241 g/mol. The van der Waals surface area contributed by atoms with Crippen LogP contribution < -0.4 is 0 Å². The monoisotopic (exact) mass is 241 g/mol. The Morgan fingerprint density at radius 3 is 2.29 bits per heavy atom. The van der Waals surface area contributed by atoms with E-state index in [1.165, 1.54) is 38.6 Å².